The maximum Gasteiger partial charge on any atom is 0.309 e. The molecule has 2 amide bonds. The summed E-state index contributed by atoms with van der Waals surface area (Å²) in [6, 6.07) is 0. The Bertz CT molecular complexity index is 112. The van der Waals surface area contributed by atoms with Crippen molar-refractivity contribution in [3.63, 3.8) is 0 Å². The Labute approximate surface area is 53.8 Å². The van der Waals surface area contributed by atoms with E-state index in [-0.39, 0.29) is 12.5 Å². The van der Waals surface area contributed by atoms with Crippen LogP contribution in [0.5, 0.6) is 0 Å². The van der Waals surface area contributed by atoms with Gasteiger partial charge >= 0.3 is 6.41 Å². The molecule has 0 unspecified atom stereocenters. The molecule has 1 N–H and O–H groups in total. The summed E-state index contributed by atoms with van der Waals surface area (Å²) in [7, 11) is 3.24. The largest absolute Gasteiger partial charge is 0.347 e. The molecular formula is C5H9N2O2. The van der Waals surface area contributed by atoms with Crippen LogP contribution in [-0.2, 0) is 9.59 Å². The molecule has 0 rings (SSSR count). The van der Waals surface area contributed by atoms with Gasteiger partial charge in [-0.3, -0.25) is 9.59 Å². The molecule has 4 nitrogen and oxygen atoms in total. The van der Waals surface area contributed by atoms with Gasteiger partial charge in [-0.1, -0.05) is 0 Å². The van der Waals surface area contributed by atoms with Crippen molar-refractivity contribution in [2.75, 3.05) is 20.6 Å². The van der Waals surface area contributed by atoms with Crippen molar-refractivity contribution >= 4 is 12.3 Å². The van der Waals surface area contributed by atoms with Crippen LogP contribution in [0.2, 0.25) is 0 Å². The van der Waals surface area contributed by atoms with E-state index in [4.69, 9.17) is 0 Å². The zero-order chi connectivity index (χ0) is 7.28. The van der Waals surface area contributed by atoms with Crippen LogP contribution in [0.4, 0.5) is 0 Å². The third-order valence-electron chi connectivity index (χ3n) is 0.811. The van der Waals surface area contributed by atoms with E-state index < -0.39 is 0 Å². The molecule has 0 spiro atoms. The van der Waals surface area contributed by atoms with Gasteiger partial charge in [0.15, 0.2) is 0 Å². The van der Waals surface area contributed by atoms with Gasteiger partial charge in [0.05, 0.1) is 6.54 Å². The predicted octanol–water partition coefficient (Wildman–Crippen LogP) is -1.27. The highest BCUT2D eigenvalue weighted by atomic mass is 16.2. The lowest BCUT2D eigenvalue weighted by atomic mass is 10.5. The highest BCUT2D eigenvalue weighted by molar-refractivity contribution is 5.79. The van der Waals surface area contributed by atoms with E-state index in [1.54, 1.807) is 14.1 Å². The highest BCUT2D eigenvalue weighted by Gasteiger charge is 2.00. The molecule has 0 fully saturated rings. The van der Waals surface area contributed by atoms with E-state index in [0.29, 0.717) is 0 Å². The minimum Gasteiger partial charge on any atom is -0.347 e. The lowest BCUT2D eigenvalue weighted by Gasteiger charge is -2.07. The van der Waals surface area contributed by atoms with Crippen LogP contribution >= 0.6 is 0 Å². The average Bonchev–Trinajstić information content (AvgIpc) is 1.82. The Hall–Kier alpha value is -1.06. The Morgan fingerprint density at radius 3 is 2.56 bits per heavy atom. The van der Waals surface area contributed by atoms with Crippen LogP contribution < -0.4 is 5.32 Å². The zero-order valence-corrected chi connectivity index (χ0v) is 5.47. The quantitative estimate of drug-likeness (QED) is 0.483. The molecule has 4 heteroatoms. The number of hydrogen-bond donors (Lipinski definition) is 1. The van der Waals surface area contributed by atoms with Crippen LogP contribution in [0.1, 0.15) is 0 Å². The standard InChI is InChI=1S/C5H9N2O2/c1-7(2)5(9)3-6-4-8/h3H2,1-2H3,(H,6,8). The number of rotatable bonds is 3. The summed E-state index contributed by atoms with van der Waals surface area (Å²) in [5, 5.41) is 2.13. The molecule has 0 atom stereocenters. The fourth-order valence-electron chi connectivity index (χ4n) is 0.270. The first kappa shape index (κ1) is 7.94. The molecule has 0 aromatic rings. The van der Waals surface area contributed by atoms with E-state index in [9.17, 15) is 9.59 Å². The molecule has 0 saturated heterocycles. The van der Waals surface area contributed by atoms with E-state index in [0.717, 1.165) is 0 Å². The molecule has 0 aliphatic rings. The number of hydrogen-bond acceptors (Lipinski definition) is 2. The Kier molecular flexibility index (Phi) is 3.43. The topological polar surface area (TPSA) is 49.4 Å². The third kappa shape index (κ3) is 3.52. The Balaban J connectivity index is 3.38. The van der Waals surface area contributed by atoms with Crippen molar-refractivity contribution in [3.8, 4) is 0 Å². The molecule has 9 heavy (non-hydrogen) atoms. The number of likely N-dealkylation sites (N-methyl/N-ethyl adjacent to an activating group) is 1. The normalized spacial score (nSPS) is 8.22. The third-order valence-corrected chi connectivity index (χ3v) is 0.811. The first-order chi connectivity index (χ1) is 4.18. The number of amides is 2. The first-order valence-corrected chi connectivity index (χ1v) is 2.48. The highest BCUT2D eigenvalue weighted by Crippen LogP contribution is 1.72. The summed E-state index contributed by atoms with van der Waals surface area (Å²) in [4.78, 5) is 21.5. The van der Waals surface area contributed by atoms with Gasteiger partial charge in [0.1, 0.15) is 0 Å². The summed E-state index contributed by atoms with van der Waals surface area (Å²) in [6.07, 6.45) is 1.41. The number of carbonyl (C=O) groups is 1. The summed E-state index contributed by atoms with van der Waals surface area (Å²) in [5.41, 5.74) is 0. The van der Waals surface area contributed by atoms with Crippen molar-refractivity contribution in [1.82, 2.24) is 10.2 Å². The van der Waals surface area contributed by atoms with Gasteiger partial charge in [0.25, 0.3) is 0 Å². The lowest BCUT2D eigenvalue weighted by molar-refractivity contribution is -0.127. The SMILES string of the molecule is CN(C)C(=O)CN[C]=O. The predicted molar refractivity (Wildman–Crippen MR) is 32.4 cm³/mol. The second kappa shape index (κ2) is 3.88. The molecule has 51 valence electrons. The number of nitrogens with one attached hydrogen (secondary N) is 1. The van der Waals surface area contributed by atoms with Crippen molar-refractivity contribution in [2.45, 2.75) is 0 Å². The molecule has 0 aliphatic heterocycles. The van der Waals surface area contributed by atoms with Gasteiger partial charge in [-0.05, 0) is 0 Å². The van der Waals surface area contributed by atoms with Gasteiger partial charge < -0.3 is 10.2 Å². The maximum absolute atomic E-state index is 10.6. The molecule has 0 bridgehead atoms. The molecule has 0 aromatic heterocycles. The fraction of sp³-hybridized carbons (Fsp3) is 0.600. The second-order valence-corrected chi connectivity index (χ2v) is 1.74. The van der Waals surface area contributed by atoms with Crippen LogP contribution in [-0.4, -0.2) is 37.9 Å². The van der Waals surface area contributed by atoms with Gasteiger partial charge in [-0.2, -0.15) is 0 Å². The lowest BCUT2D eigenvalue weighted by Crippen LogP contribution is -2.32. The number of nitrogens with zero attached hydrogens (tertiary/aromatic N) is 1. The average molecular weight is 129 g/mol. The smallest absolute Gasteiger partial charge is 0.309 e. The summed E-state index contributed by atoms with van der Waals surface area (Å²) in [5.74, 6) is -0.140. The molecule has 0 aliphatic carbocycles. The van der Waals surface area contributed by atoms with E-state index in [2.05, 4.69) is 5.32 Å². The minimum atomic E-state index is -0.140. The van der Waals surface area contributed by atoms with Gasteiger partial charge in [0, 0.05) is 14.1 Å². The van der Waals surface area contributed by atoms with Crippen molar-refractivity contribution in [2.24, 2.45) is 0 Å². The second-order valence-electron chi connectivity index (χ2n) is 1.74. The Morgan fingerprint density at radius 1 is 1.67 bits per heavy atom. The van der Waals surface area contributed by atoms with Crippen LogP contribution in [0.25, 0.3) is 0 Å². The van der Waals surface area contributed by atoms with Crippen LogP contribution in [0, 0.1) is 0 Å². The maximum atomic E-state index is 10.6. The van der Waals surface area contributed by atoms with Crippen LogP contribution in [0.15, 0.2) is 0 Å². The van der Waals surface area contributed by atoms with Crippen molar-refractivity contribution in [3.05, 3.63) is 0 Å². The molecule has 0 aromatic carbocycles. The van der Waals surface area contributed by atoms with Gasteiger partial charge in [-0.25, -0.2) is 0 Å². The summed E-state index contributed by atoms with van der Waals surface area (Å²) < 4.78 is 0. The van der Waals surface area contributed by atoms with E-state index in [1.807, 2.05) is 0 Å². The molecular weight excluding hydrogens is 120 g/mol. The van der Waals surface area contributed by atoms with E-state index in [1.165, 1.54) is 11.3 Å². The van der Waals surface area contributed by atoms with E-state index >= 15 is 0 Å². The Morgan fingerprint density at radius 2 is 2.22 bits per heavy atom. The molecule has 0 heterocycles. The van der Waals surface area contributed by atoms with Crippen LogP contribution in [0.3, 0.4) is 0 Å². The zero-order valence-electron chi connectivity index (χ0n) is 5.47. The fourth-order valence-corrected chi connectivity index (χ4v) is 0.270. The van der Waals surface area contributed by atoms with Gasteiger partial charge in [-0.15, -0.1) is 0 Å². The minimum absolute atomic E-state index is 0.0243. The summed E-state index contributed by atoms with van der Waals surface area (Å²) >= 11 is 0. The molecule has 1 radical (unpaired) electrons. The van der Waals surface area contributed by atoms with Crippen molar-refractivity contribution in [1.29, 1.82) is 0 Å². The molecule has 0 saturated carbocycles. The number of carbonyl (C=O) groups excluding carboxylic acids is 2. The van der Waals surface area contributed by atoms with Crippen molar-refractivity contribution < 1.29 is 9.59 Å². The first-order valence-electron chi connectivity index (χ1n) is 2.48. The monoisotopic (exact) mass is 129 g/mol. The summed E-state index contributed by atoms with van der Waals surface area (Å²) in [6.45, 7) is 0.0243. The van der Waals surface area contributed by atoms with Gasteiger partial charge in [0.2, 0.25) is 5.91 Å².